The molecule has 40 heavy (non-hydrogen) atoms. The van der Waals surface area contributed by atoms with Crippen molar-refractivity contribution in [2.75, 3.05) is 35.0 Å². The van der Waals surface area contributed by atoms with E-state index in [2.05, 4.69) is 16.0 Å². The molecule has 2 atom stereocenters. The van der Waals surface area contributed by atoms with E-state index in [1.165, 1.54) is 0 Å². The molecule has 0 bridgehead atoms. The minimum Gasteiger partial charge on any atom is -0.465 e. The Bertz CT molecular complexity index is 1240. The third-order valence-corrected chi connectivity index (χ3v) is 8.96. The van der Waals surface area contributed by atoms with Crippen LogP contribution in [-0.2, 0) is 19.4 Å². The number of hydrogen-bond acceptors (Lipinski definition) is 8. The number of carbonyl (C=O) groups excluding carboxylic acids is 1. The van der Waals surface area contributed by atoms with Gasteiger partial charge < -0.3 is 25.5 Å². The second-order valence-electron chi connectivity index (χ2n) is 10.1. The van der Waals surface area contributed by atoms with Crippen molar-refractivity contribution in [3.63, 3.8) is 0 Å². The van der Waals surface area contributed by atoms with Gasteiger partial charge in [-0.2, -0.15) is 0 Å². The molecule has 0 unspecified atom stereocenters. The Kier molecular flexibility index (Phi) is 10.5. The minimum absolute atomic E-state index is 0.261. The van der Waals surface area contributed by atoms with Crippen molar-refractivity contribution in [3.8, 4) is 0 Å². The van der Waals surface area contributed by atoms with Crippen LogP contribution in [0, 0.1) is 0 Å². The number of amides is 1. The maximum atomic E-state index is 13.6. The summed E-state index contributed by atoms with van der Waals surface area (Å²) in [7, 11) is -2.94. The molecule has 0 saturated carbocycles. The van der Waals surface area contributed by atoms with Crippen molar-refractivity contribution in [1.29, 1.82) is 0 Å². The lowest BCUT2D eigenvalue weighted by Crippen LogP contribution is -2.48. The normalized spacial score (nSPS) is 17.2. The molecule has 1 saturated heterocycles. The van der Waals surface area contributed by atoms with Gasteiger partial charge in [0.15, 0.2) is 0 Å². The molecule has 0 aliphatic carbocycles. The number of anilines is 2. The number of aryl methyl sites for hydroxylation is 1. The second-order valence-corrected chi connectivity index (χ2v) is 12.2. The SMILES string of the molecule is CCNc1cc(C(=O)N[C@@H](Cc2ccccc2)[C@@H](O)CNCc2ccc(CC)o2)cc(N2CCCCS2(O)O)c1. The lowest BCUT2D eigenvalue weighted by Gasteiger charge is -2.47. The molecule has 4 rings (SSSR count). The van der Waals surface area contributed by atoms with Gasteiger partial charge in [-0.3, -0.25) is 18.2 Å². The fraction of sp³-hybridized carbons (Fsp3) is 0.433. The van der Waals surface area contributed by atoms with E-state index in [0.29, 0.717) is 43.1 Å². The highest BCUT2D eigenvalue weighted by Crippen LogP contribution is 2.50. The molecule has 1 fully saturated rings. The molecule has 1 aromatic heterocycles. The van der Waals surface area contributed by atoms with Gasteiger partial charge in [-0.15, -0.1) is 10.8 Å². The van der Waals surface area contributed by atoms with Crippen molar-refractivity contribution in [3.05, 3.63) is 83.3 Å². The van der Waals surface area contributed by atoms with Crippen molar-refractivity contribution < 1.29 is 23.4 Å². The first-order chi connectivity index (χ1) is 19.3. The van der Waals surface area contributed by atoms with Gasteiger partial charge >= 0.3 is 0 Å². The van der Waals surface area contributed by atoms with Gasteiger partial charge in [0, 0.05) is 37.3 Å². The first kappa shape index (κ1) is 30.0. The van der Waals surface area contributed by atoms with E-state index in [1.807, 2.05) is 62.4 Å². The number of aliphatic hydroxyl groups excluding tert-OH is 1. The van der Waals surface area contributed by atoms with E-state index in [0.717, 1.165) is 42.0 Å². The summed E-state index contributed by atoms with van der Waals surface area (Å²) >= 11 is 0. The van der Waals surface area contributed by atoms with Gasteiger partial charge in [-0.25, -0.2) is 0 Å². The number of nitrogens with one attached hydrogen (secondary N) is 3. The standard InChI is InChI=1S/C30H42N4O5S/c1-3-26-12-13-27(39-26)20-31-21-29(35)28(16-22-10-6-5-7-11-22)33-30(36)23-17-24(32-4-2)19-25(18-23)34-14-8-9-15-40(34,37)38/h5-7,10-13,17-19,28-29,31-32,35,37-38H,3-4,8-9,14-16,20-21H2,1-2H3,(H,33,36)/t28-,29-/m0/s1. The molecule has 10 heteroatoms. The molecule has 1 aliphatic heterocycles. The molecule has 0 radical (unpaired) electrons. The zero-order valence-corrected chi connectivity index (χ0v) is 24.1. The minimum atomic E-state index is -2.94. The summed E-state index contributed by atoms with van der Waals surface area (Å²) in [6, 6.07) is 18.4. The summed E-state index contributed by atoms with van der Waals surface area (Å²) < 4.78 is 28.8. The fourth-order valence-electron chi connectivity index (χ4n) is 4.89. The van der Waals surface area contributed by atoms with Gasteiger partial charge in [-0.1, -0.05) is 37.3 Å². The Morgan fingerprint density at radius 2 is 1.82 bits per heavy atom. The molecule has 1 amide bonds. The molecule has 1 aliphatic rings. The van der Waals surface area contributed by atoms with Gasteiger partial charge in [0.25, 0.3) is 5.91 Å². The summed E-state index contributed by atoms with van der Waals surface area (Å²) in [4.78, 5) is 13.6. The lowest BCUT2D eigenvalue weighted by atomic mass is 10.00. The Labute approximate surface area is 238 Å². The average molecular weight is 571 g/mol. The zero-order valence-electron chi connectivity index (χ0n) is 23.3. The third-order valence-electron chi connectivity index (χ3n) is 7.03. The predicted octanol–water partition coefficient (Wildman–Crippen LogP) is 5.03. The van der Waals surface area contributed by atoms with Crippen molar-refractivity contribution in [2.45, 2.75) is 58.2 Å². The summed E-state index contributed by atoms with van der Waals surface area (Å²) in [5.41, 5.74) is 2.69. The van der Waals surface area contributed by atoms with Crippen LogP contribution in [0.25, 0.3) is 0 Å². The fourth-order valence-corrected chi connectivity index (χ4v) is 6.57. The number of furan rings is 1. The van der Waals surface area contributed by atoms with Crippen LogP contribution in [0.15, 0.2) is 65.1 Å². The van der Waals surface area contributed by atoms with E-state index in [1.54, 1.807) is 16.4 Å². The van der Waals surface area contributed by atoms with Gasteiger partial charge in [-0.05, 0) is 62.1 Å². The Balaban J connectivity index is 1.52. The molecule has 0 spiro atoms. The number of carbonyl (C=O) groups is 1. The lowest BCUT2D eigenvalue weighted by molar-refractivity contribution is 0.0829. The van der Waals surface area contributed by atoms with E-state index in [4.69, 9.17) is 4.42 Å². The summed E-state index contributed by atoms with van der Waals surface area (Å²) in [5.74, 6) is 1.68. The summed E-state index contributed by atoms with van der Waals surface area (Å²) in [6.07, 6.45) is 2.00. The first-order valence-electron chi connectivity index (χ1n) is 14.0. The second kappa shape index (κ2) is 14.0. The summed E-state index contributed by atoms with van der Waals surface area (Å²) in [6.45, 7) is 5.89. The van der Waals surface area contributed by atoms with Crippen LogP contribution in [-0.4, -0.2) is 57.7 Å². The molecule has 218 valence electrons. The highest BCUT2D eigenvalue weighted by molar-refractivity contribution is 8.25. The number of rotatable bonds is 13. The van der Waals surface area contributed by atoms with Crippen LogP contribution in [0.2, 0.25) is 0 Å². The average Bonchev–Trinajstić information content (AvgIpc) is 3.41. The zero-order chi connectivity index (χ0) is 28.5. The molecule has 9 nitrogen and oxygen atoms in total. The Morgan fingerprint density at radius 3 is 2.52 bits per heavy atom. The largest absolute Gasteiger partial charge is 0.465 e. The van der Waals surface area contributed by atoms with Gasteiger partial charge in [0.1, 0.15) is 11.5 Å². The quantitative estimate of drug-likeness (QED) is 0.169. The topological polar surface area (TPSA) is 130 Å². The smallest absolute Gasteiger partial charge is 0.251 e. The van der Waals surface area contributed by atoms with Crippen LogP contribution in [0.5, 0.6) is 0 Å². The van der Waals surface area contributed by atoms with Crippen LogP contribution in [0.1, 0.15) is 54.1 Å². The van der Waals surface area contributed by atoms with Crippen molar-refractivity contribution in [1.82, 2.24) is 10.6 Å². The summed E-state index contributed by atoms with van der Waals surface area (Å²) in [5, 5.41) is 20.7. The van der Waals surface area contributed by atoms with E-state index in [-0.39, 0.29) is 12.5 Å². The van der Waals surface area contributed by atoms with E-state index < -0.39 is 22.9 Å². The highest BCUT2D eigenvalue weighted by Gasteiger charge is 2.28. The van der Waals surface area contributed by atoms with E-state index >= 15 is 0 Å². The van der Waals surface area contributed by atoms with Gasteiger partial charge in [0.2, 0.25) is 0 Å². The Morgan fingerprint density at radius 1 is 1.05 bits per heavy atom. The molecule has 2 aromatic carbocycles. The maximum Gasteiger partial charge on any atom is 0.251 e. The van der Waals surface area contributed by atoms with Crippen LogP contribution in [0.3, 0.4) is 0 Å². The molecular weight excluding hydrogens is 528 g/mol. The molecular formula is C30H42N4O5S. The first-order valence-corrected chi connectivity index (χ1v) is 15.7. The predicted molar refractivity (Wildman–Crippen MR) is 162 cm³/mol. The molecule has 2 heterocycles. The third kappa shape index (κ3) is 8.02. The maximum absolute atomic E-state index is 13.6. The van der Waals surface area contributed by atoms with Crippen LogP contribution < -0.4 is 20.3 Å². The monoisotopic (exact) mass is 570 g/mol. The highest BCUT2D eigenvalue weighted by atomic mass is 32.3. The van der Waals surface area contributed by atoms with Crippen LogP contribution in [0.4, 0.5) is 11.4 Å². The van der Waals surface area contributed by atoms with Gasteiger partial charge in [0.05, 0.1) is 30.1 Å². The number of hydrogen-bond donors (Lipinski definition) is 6. The molecule has 6 N–H and O–H groups in total. The number of aliphatic hydroxyl groups is 1. The van der Waals surface area contributed by atoms with E-state index in [9.17, 15) is 19.0 Å². The number of benzene rings is 2. The molecule has 3 aromatic rings. The van der Waals surface area contributed by atoms with Crippen molar-refractivity contribution >= 4 is 28.1 Å². The van der Waals surface area contributed by atoms with Crippen LogP contribution >= 0.6 is 10.8 Å². The number of nitrogens with zero attached hydrogens (tertiary/aromatic N) is 1. The van der Waals surface area contributed by atoms with Crippen molar-refractivity contribution in [2.24, 2.45) is 0 Å². The Hall–Kier alpha value is -3.02.